The van der Waals surface area contributed by atoms with E-state index in [1.165, 1.54) is 51.7 Å². The van der Waals surface area contributed by atoms with Crippen molar-refractivity contribution in [2.45, 2.75) is 58.0 Å². The summed E-state index contributed by atoms with van der Waals surface area (Å²) >= 11 is 0. The largest absolute Gasteiger partial charge is 0.314 e. The minimum Gasteiger partial charge on any atom is -0.314 e. The van der Waals surface area contributed by atoms with Crippen molar-refractivity contribution in [2.75, 3.05) is 19.6 Å². The van der Waals surface area contributed by atoms with Gasteiger partial charge in [0.25, 0.3) is 0 Å². The van der Waals surface area contributed by atoms with Gasteiger partial charge >= 0.3 is 0 Å². The van der Waals surface area contributed by atoms with Crippen LogP contribution in [0.4, 0.5) is 0 Å². The molecule has 0 aromatic rings. The average Bonchev–Trinajstić information content (AvgIpc) is 2.97. The lowest BCUT2D eigenvalue weighted by molar-refractivity contribution is 0.221. The third-order valence-corrected chi connectivity index (χ3v) is 4.05. The van der Waals surface area contributed by atoms with E-state index in [1.54, 1.807) is 0 Å². The Kier molecular flexibility index (Phi) is 4.04. The molecule has 1 saturated heterocycles. The van der Waals surface area contributed by atoms with Gasteiger partial charge in [0.2, 0.25) is 0 Å². The van der Waals surface area contributed by atoms with Gasteiger partial charge in [0, 0.05) is 18.6 Å². The van der Waals surface area contributed by atoms with E-state index < -0.39 is 0 Å². The fourth-order valence-electron chi connectivity index (χ4n) is 2.79. The van der Waals surface area contributed by atoms with E-state index in [2.05, 4.69) is 24.1 Å². The molecule has 1 heterocycles. The first-order chi connectivity index (χ1) is 7.33. The van der Waals surface area contributed by atoms with Gasteiger partial charge in [-0.15, -0.1) is 0 Å². The van der Waals surface area contributed by atoms with Crippen molar-refractivity contribution in [3.63, 3.8) is 0 Å². The van der Waals surface area contributed by atoms with Gasteiger partial charge in [-0.05, 0) is 51.1 Å². The minimum absolute atomic E-state index is 0.843. The number of nitrogens with one attached hydrogen (secondary N) is 1. The van der Waals surface area contributed by atoms with Crippen LogP contribution in [0.25, 0.3) is 0 Å². The molecule has 0 amide bonds. The van der Waals surface area contributed by atoms with Crippen molar-refractivity contribution in [1.29, 1.82) is 0 Å². The molecule has 88 valence electrons. The Morgan fingerprint density at radius 2 is 1.93 bits per heavy atom. The zero-order chi connectivity index (χ0) is 10.7. The SMILES string of the molecule is CCC(CC)N1CCC(CNC2CC2)C1. The van der Waals surface area contributed by atoms with Crippen LogP contribution in [0.5, 0.6) is 0 Å². The second-order valence-corrected chi connectivity index (χ2v) is 5.30. The van der Waals surface area contributed by atoms with Crippen LogP contribution in [-0.2, 0) is 0 Å². The molecule has 2 fully saturated rings. The normalized spacial score (nSPS) is 27.8. The molecule has 1 unspecified atom stereocenters. The molecule has 1 atom stereocenters. The van der Waals surface area contributed by atoms with Crippen molar-refractivity contribution in [2.24, 2.45) is 5.92 Å². The second-order valence-electron chi connectivity index (χ2n) is 5.30. The van der Waals surface area contributed by atoms with Gasteiger partial charge in [-0.2, -0.15) is 0 Å². The van der Waals surface area contributed by atoms with Crippen LogP contribution in [0, 0.1) is 5.92 Å². The summed E-state index contributed by atoms with van der Waals surface area (Å²) < 4.78 is 0. The molecule has 0 radical (unpaired) electrons. The lowest BCUT2D eigenvalue weighted by atomic mass is 10.1. The molecule has 1 aliphatic carbocycles. The lowest BCUT2D eigenvalue weighted by Gasteiger charge is -2.25. The number of nitrogens with zero attached hydrogens (tertiary/aromatic N) is 1. The molecule has 2 rings (SSSR count). The molecule has 0 spiro atoms. The summed E-state index contributed by atoms with van der Waals surface area (Å²) in [6, 6.07) is 1.73. The lowest BCUT2D eigenvalue weighted by Crippen LogP contribution is -2.34. The van der Waals surface area contributed by atoms with Gasteiger partial charge in [0.1, 0.15) is 0 Å². The van der Waals surface area contributed by atoms with Crippen LogP contribution in [0.1, 0.15) is 46.0 Å². The van der Waals surface area contributed by atoms with Crippen molar-refractivity contribution in [1.82, 2.24) is 10.2 Å². The van der Waals surface area contributed by atoms with Crippen LogP contribution < -0.4 is 5.32 Å². The van der Waals surface area contributed by atoms with E-state index in [0.717, 1.165) is 18.0 Å². The smallest absolute Gasteiger partial charge is 0.00901 e. The van der Waals surface area contributed by atoms with Gasteiger partial charge in [-0.1, -0.05) is 13.8 Å². The summed E-state index contributed by atoms with van der Waals surface area (Å²) in [5.74, 6) is 0.922. The van der Waals surface area contributed by atoms with Crippen molar-refractivity contribution in [3.8, 4) is 0 Å². The van der Waals surface area contributed by atoms with Gasteiger partial charge in [0.15, 0.2) is 0 Å². The third kappa shape index (κ3) is 3.18. The van der Waals surface area contributed by atoms with Crippen molar-refractivity contribution in [3.05, 3.63) is 0 Å². The second kappa shape index (κ2) is 5.31. The maximum absolute atomic E-state index is 3.67. The summed E-state index contributed by atoms with van der Waals surface area (Å²) in [6.45, 7) is 8.59. The first-order valence-electron chi connectivity index (χ1n) is 6.80. The Morgan fingerprint density at radius 3 is 2.53 bits per heavy atom. The molecular formula is C13H26N2. The maximum Gasteiger partial charge on any atom is 0.00901 e. The monoisotopic (exact) mass is 210 g/mol. The highest BCUT2D eigenvalue weighted by atomic mass is 15.2. The molecule has 0 aromatic carbocycles. The summed E-state index contributed by atoms with van der Waals surface area (Å²) in [7, 11) is 0. The molecule has 0 bridgehead atoms. The van der Waals surface area contributed by atoms with Gasteiger partial charge < -0.3 is 10.2 Å². The van der Waals surface area contributed by atoms with Crippen molar-refractivity contribution >= 4 is 0 Å². The quantitative estimate of drug-likeness (QED) is 0.723. The fraction of sp³-hybridized carbons (Fsp3) is 1.00. The standard InChI is InChI=1S/C13H26N2/c1-3-13(4-2)15-8-7-11(10-15)9-14-12-5-6-12/h11-14H,3-10H2,1-2H3. The Labute approximate surface area is 94.4 Å². The molecule has 1 saturated carbocycles. The number of likely N-dealkylation sites (tertiary alicyclic amines) is 1. The van der Waals surface area contributed by atoms with E-state index >= 15 is 0 Å². The molecule has 1 aliphatic heterocycles. The summed E-state index contributed by atoms with van der Waals surface area (Å²) in [5.41, 5.74) is 0. The van der Waals surface area contributed by atoms with Crippen LogP contribution in [-0.4, -0.2) is 36.6 Å². The average molecular weight is 210 g/mol. The zero-order valence-corrected chi connectivity index (χ0v) is 10.3. The van der Waals surface area contributed by atoms with E-state index in [4.69, 9.17) is 0 Å². The first kappa shape index (κ1) is 11.4. The highest BCUT2D eigenvalue weighted by Gasteiger charge is 2.28. The zero-order valence-electron chi connectivity index (χ0n) is 10.3. The third-order valence-electron chi connectivity index (χ3n) is 4.05. The molecule has 2 heteroatoms. The van der Waals surface area contributed by atoms with Gasteiger partial charge in [-0.25, -0.2) is 0 Å². The fourth-order valence-corrected chi connectivity index (χ4v) is 2.79. The van der Waals surface area contributed by atoms with Gasteiger partial charge in [0.05, 0.1) is 0 Å². The van der Waals surface area contributed by atoms with Crippen LogP contribution in [0.3, 0.4) is 0 Å². The van der Waals surface area contributed by atoms with Crippen LogP contribution >= 0.6 is 0 Å². The first-order valence-corrected chi connectivity index (χ1v) is 6.80. The van der Waals surface area contributed by atoms with Crippen LogP contribution in [0.2, 0.25) is 0 Å². The minimum atomic E-state index is 0.843. The topological polar surface area (TPSA) is 15.3 Å². The highest BCUT2D eigenvalue weighted by molar-refractivity contribution is 4.86. The maximum atomic E-state index is 3.67. The molecular weight excluding hydrogens is 184 g/mol. The number of hydrogen-bond donors (Lipinski definition) is 1. The summed E-state index contributed by atoms with van der Waals surface area (Å²) in [5, 5.41) is 3.67. The number of rotatable bonds is 6. The molecule has 15 heavy (non-hydrogen) atoms. The predicted octanol–water partition coefficient (Wildman–Crippen LogP) is 2.25. The number of hydrogen-bond acceptors (Lipinski definition) is 2. The highest BCUT2D eigenvalue weighted by Crippen LogP contribution is 2.23. The van der Waals surface area contributed by atoms with E-state index in [1.807, 2.05) is 0 Å². The Balaban J connectivity index is 1.68. The van der Waals surface area contributed by atoms with E-state index in [-0.39, 0.29) is 0 Å². The Hall–Kier alpha value is -0.0800. The van der Waals surface area contributed by atoms with Crippen LogP contribution in [0.15, 0.2) is 0 Å². The Bertz CT molecular complexity index is 185. The van der Waals surface area contributed by atoms with Crippen molar-refractivity contribution < 1.29 is 0 Å². The Morgan fingerprint density at radius 1 is 1.20 bits per heavy atom. The molecule has 0 aromatic heterocycles. The molecule has 1 N–H and O–H groups in total. The van der Waals surface area contributed by atoms with E-state index in [0.29, 0.717) is 0 Å². The summed E-state index contributed by atoms with van der Waals surface area (Å²) in [4.78, 5) is 2.71. The van der Waals surface area contributed by atoms with E-state index in [9.17, 15) is 0 Å². The molecule has 2 aliphatic rings. The molecule has 2 nitrogen and oxygen atoms in total. The summed E-state index contributed by atoms with van der Waals surface area (Å²) in [6.07, 6.45) is 6.89. The predicted molar refractivity (Wildman–Crippen MR) is 65.1 cm³/mol. The van der Waals surface area contributed by atoms with Gasteiger partial charge in [-0.3, -0.25) is 0 Å².